The molecular weight excluding hydrogens is 612 g/mol. The van der Waals surface area contributed by atoms with E-state index >= 15 is 0 Å². The highest BCUT2D eigenvalue weighted by Crippen LogP contribution is 2.24. The van der Waals surface area contributed by atoms with Gasteiger partial charge < -0.3 is 20.7 Å². The lowest BCUT2D eigenvalue weighted by Gasteiger charge is -2.27. The van der Waals surface area contributed by atoms with Gasteiger partial charge >= 0.3 is 12.1 Å². The summed E-state index contributed by atoms with van der Waals surface area (Å²) >= 11 is 11.8. The number of ether oxygens (including phenoxy) is 1. The molecule has 2 aromatic carbocycles. The molecule has 42 heavy (non-hydrogen) atoms. The monoisotopic (exact) mass is 639 g/mol. The van der Waals surface area contributed by atoms with Crippen LogP contribution in [0.3, 0.4) is 0 Å². The van der Waals surface area contributed by atoms with E-state index in [2.05, 4.69) is 10.6 Å². The third kappa shape index (κ3) is 11.1. The molecule has 0 aliphatic heterocycles. The molecule has 2 atom stereocenters. The third-order valence-electron chi connectivity index (χ3n) is 5.68. The normalized spacial score (nSPS) is 13.2. The van der Waals surface area contributed by atoms with E-state index in [9.17, 15) is 41.1 Å². The maximum atomic E-state index is 14.7. The number of ketones is 1. The first-order chi connectivity index (χ1) is 19.5. The second-order valence-corrected chi connectivity index (χ2v) is 10.4. The van der Waals surface area contributed by atoms with Crippen LogP contribution in [0.15, 0.2) is 48.5 Å². The summed E-state index contributed by atoms with van der Waals surface area (Å²) in [5, 5.41) is 6.46. The standard InChI is InChI=1S/C27H28Cl2F5N3O5/c1-15(2)22(23(39)27(33,34)25(41)35-9-8-26(30,31)32)37-24(40)20(10-16-6-4-3-5-7-16)36-21(38)14-42-19-12-17(28)11-18(29)13-19/h3-7,11-13,15,20,22H,8-10,14H2,1-2H3,(H,35,41)(H,36,38)(H,37,40). The van der Waals surface area contributed by atoms with Crippen LogP contribution in [0.25, 0.3) is 0 Å². The Morgan fingerprint density at radius 1 is 0.905 bits per heavy atom. The molecule has 3 amide bonds. The number of alkyl halides is 5. The van der Waals surface area contributed by atoms with Crippen LogP contribution in [-0.4, -0.2) is 60.8 Å². The lowest BCUT2D eigenvalue weighted by molar-refractivity contribution is -0.162. The highest BCUT2D eigenvalue weighted by molar-refractivity contribution is 6.34. The van der Waals surface area contributed by atoms with Crippen molar-refractivity contribution in [3.05, 3.63) is 64.1 Å². The summed E-state index contributed by atoms with van der Waals surface area (Å²) in [6, 6.07) is 9.24. The lowest BCUT2D eigenvalue weighted by Crippen LogP contribution is -2.59. The van der Waals surface area contributed by atoms with Crippen LogP contribution >= 0.6 is 23.2 Å². The number of rotatable bonds is 14. The molecule has 3 N–H and O–H groups in total. The Morgan fingerprint density at radius 2 is 1.50 bits per heavy atom. The molecule has 15 heteroatoms. The number of amides is 3. The molecule has 230 valence electrons. The Kier molecular flexibility index (Phi) is 12.5. The molecule has 0 fully saturated rings. The van der Waals surface area contributed by atoms with Crippen LogP contribution in [-0.2, 0) is 25.6 Å². The molecule has 8 nitrogen and oxygen atoms in total. The fourth-order valence-corrected chi connectivity index (χ4v) is 4.09. The Bertz CT molecular complexity index is 1240. The molecule has 0 radical (unpaired) electrons. The molecule has 0 aromatic heterocycles. The zero-order valence-corrected chi connectivity index (χ0v) is 23.9. The number of benzene rings is 2. The maximum absolute atomic E-state index is 14.7. The lowest BCUT2D eigenvalue weighted by atomic mass is 9.94. The van der Waals surface area contributed by atoms with Gasteiger partial charge in [-0.05, 0) is 29.7 Å². The van der Waals surface area contributed by atoms with E-state index in [0.29, 0.717) is 5.56 Å². The third-order valence-corrected chi connectivity index (χ3v) is 6.11. The van der Waals surface area contributed by atoms with Crippen molar-refractivity contribution in [1.82, 2.24) is 16.0 Å². The minimum Gasteiger partial charge on any atom is -0.484 e. The molecule has 0 saturated carbocycles. The average molecular weight is 640 g/mol. The number of hydrogen-bond donors (Lipinski definition) is 3. The Labute approximate surface area is 248 Å². The minimum absolute atomic E-state index is 0.116. The predicted octanol–water partition coefficient (Wildman–Crippen LogP) is 4.51. The van der Waals surface area contributed by atoms with E-state index < -0.39 is 73.2 Å². The van der Waals surface area contributed by atoms with Gasteiger partial charge in [0.05, 0.1) is 12.5 Å². The maximum Gasteiger partial charge on any atom is 0.390 e. The highest BCUT2D eigenvalue weighted by Gasteiger charge is 2.51. The average Bonchev–Trinajstić information content (AvgIpc) is 2.88. The van der Waals surface area contributed by atoms with Crippen LogP contribution in [0.1, 0.15) is 25.8 Å². The first-order valence-electron chi connectivity index (χ1n) is 12.5. The molecule has 0 aliphatic rings. The number of halogens is 7. The zero-order chi connectivity index (χ0) is 31.7. The molecule has 0 heterocycles. The minimum atomic E-state index is -4.75. The van der Waals surface area contributed by atoms with Crippen LogP contribution in [0.4, 0.5) is 22.0 Å². The Morgan fingerprint density at radius 3 is 2.05 bits per heavy atom. The SMILES string of the molecule is CC(C)C(NC(=O)C(Cc1ccccc1)NC(=O)COc1cc(Cl)cc(Cl)c1)C(=O)C(F)(F)C(=O)NCCC(F)(F)F. The van der Waals surface area contributed by atoms with E-state index in [1.165, 1.54) is 37.4 Å². The molecule has 2 unspecified atom stereocenters. The molecule has 2 rings (SSSR count). The Hall–Kier alpha value is -3.45. The van der Waals surface area contributed by atoms with E-state index in [1.54, 1.807) is 30.3 Å². The predicted molar refractivity (Wildman–Crippen MR) is 144 cm³/mol. The molecular formula is C27H28Cl2F5N3O5. The van der Waals surface area contributed by atoms with Gasteiger partial charge in [-0.15, -0.1) is 0 Å². The Balaban J connectivity index is 2.18. The van der Waals surface area contributed by atoms with Crippen molar-refractivity contribution in [3.63, 3.8) is 0 Å². The second kappa shape index (κ2) is 15.1. The molecule has 2 aromatic rings. The quantitative estimate of drug-likeness (QED) is 0.208. The van der Waals surface area contributed by atoms with Gasteiger partial charge in [-0.3, -0.25) is 19.2 Å². The van der Waals surface area contributed by atoms with Crippen molar-refractivity contribution in [3.8, 4) is 5.75 Å². The van der Waals surface area contributed by atoms with Gasteiger partial charge in [-0.25, -0.2) is 0 Å². The van der Waals surface area contributed by atoms with Crippen molar-refractivity contribution < 1.29 is 45.9 Å². The van der Waals surface area contributed by atoms with Crippen LogP contribution < -0.4 is 20.7 Å². The van der Waals surface area contributed by atoms with Gasteiger partial charge in [0, 0.05) is 23.0 Å². The fraction of sp³-hybridized carbons (Fsp3) is 0.407. The van der Waals surface area contributed by atoms with Crippen LogP contribution in [0.5, 0.6) is 5.75 Å². The van der Waals surface area contributed by atoms with Gasteiger partial charge in [0.25, 0.3) is 11.8 Å². The summed E-state index contributed by atoms with van der Waals surface area (Å²) in [5.74, 6) is -11.6. The summed E-state index contributed by atoms with van der Waals surface area (Å²) < 4.78 is 71.7. The summed E-state index contributed by atoms with van der Waals surface area (Å²) in [6.07, 6.45) is -6.41. The molecule has 0 spiro atoms. The van der Waals surface area contributed by atoms with Gasteiger partial charge in [-0.2, -0.15) is 22.0 Å². The van der Waals surface area contributed by atoms with Crippen molar-refractivity contribution in [2.24, 2.45) is 5.92 Å². The van der Waals surface area contributed by atoms with Crippen molar-refractivity contribution in [1.29, 1.82) is 0 Å². The highest BCUT2D eigenvalue weighted by atomic mass is 35.5. The number of Topliss-reactive ketones (excluding diaryl/α,β-unsaturated/α-hetero) is 1. The fourth-order valence-electron chi connectivity index (χ4n) is 3.58. The van der Waals surface area contributed by atoms with Crippen molar-refractivity contribution in [2.75, 3.05) is 13.2 Å². The molecule has 0 saturated heterocycles. The van der Waals surface area contributed by atoms with Gasteiger partial charge in [0.2, 0.25) is 11.7 Å². The van der Waals surface area contributed by atoms with E-state index in [0.717, 1.165) is 0 Å². The molecule has 0 aliphatic carbocycles. The molecule has 0 bridgehead atoms. The second-order valence-electron chi connectivity index (χ2n) is 9.49. The number of carbonyl (C=O) groups is 4. The van der Waals surface area contributed by atoms with Gasteiger partial charge in [0.1, 0.15) is 11.8 Å². The largest absolute Gasteiger partial charge is 0.484 e. The summed E-state index contributed by atoms with van der Waals surface area (Å²) in [6.45, 7) is 0.876. The summed E-state index contributed by atoms with van der Waals surface area (Å²) in [4.78, 5) is 50.5. The van der Waals surface area contributed by atoms with Crippen molar-refractivity contribution in [2.45, 2.75) is 50.9 Å². The first-order valence-corrected chi connectivity index (χ1v) is 13.2. The van der Waals surface area contributed by atoms with E-state index in [4.69, 9.17) is 27.9 Å². The number of carbonyl (C=O) groups excluding carboxylic acids is 4. The number of hydrogen-bond acceptors (Lipinski definition) is 5. The smallest absolute Gasteiger partial charge is 0.390 e. The van der Waals surface area contributed by atoms with E-state index in [1.807, 2.05) is 0 Å². The topological polar surface area (TPSA) is 114 Å². The van der Waals surface area contributed by atoms with Crippen molar-refractivity contribution >= 4 is 46.7 Å². The zero-order valence-electron chi connectivity index (χ0n) is 22.4. The summed E-state index contributed by atoms with van der Waals surface area (Å²) in [5.41, 5.74) is 0.572. The van der Waals surface area contributed by atoms with Crippen LogP contribution in [0.2, 0.25) is 10.0 Å². The summed E-state index contributed by atoms with van der Waals surface area (Å²) in [7, 11) is 0. The van der Waals surface area contributed by atoms with Gasteiger partial charge in [-0.1, -0.05) is 67.4 Å². The van der Waals surface area contributed by atoms with E-state index in [-0.39, 0.29) is 22.2 Å². The van der Waals surface area contributed by atoms with Crippen LogP contribution in [0, 0.1) is 5.92 Å². The van der Waals surface area contributed by atoms with Gasteiger partial charge in [0.15, 0.2) is 6.61 Å². The number of nitrogens with one attached hydrogen (secondary N) is 3. The first kappa shape index (κ1) is 34.7.